The molecule has 2 heterocycles. The molecule has 0 amide bonds. The third-order valence-electron chi connectivity index (χ3n) is 3.15. The third kappa shape index (κ3) is 4.29. The van der Waals surface area contributed by atoms with Gasteiger partial charge in [0, 0.05) is 32.2 Å². The van der Waals surface area contributed by atoms with E-state index < -0.39 is 0 Å². The predicted octanol–water partition coefficient (Wildman–Crippen LogP) is 1.80. The van der Waals surface area contributed by atoms with Gasteiger partial charge in [0.2, 0.25) is 0 Å². The van der Waals surface area contributed by atoms with Crippen molar-refractivity contribution in [2.24, 2.45) is 0 Å². The molecule has 0 aliphatic carbocycles. The lowest BCUT2D eigenvalue weighted by molar-refractivity contribution is 0.0368. The minimum Gasteiger partial charge on any atom is -0.379 e. The van der Waals surface area contributed by atoms with Crippen LogP contribution in [0.2, 0.25) is 0 Å². The molecule has 6 nitrogen and oxygen atoms in total. The van der Waals surface area contributed by atoms with E-state index in [1.165, 1.54) is 0 Å². The summed E-state index contributed by atoms with van der Waals surface area (Å²) in [6.45, 7) is 9.68. The van der Waals surface area contributed by atoms with E-state index in [9.17, 15) is 0 Å². The topological polar surface area (TPSA) is 62.3 Å². The molecule has 7 heteroatoms. The molecule has 112 valence electrons. The molecular formula is C13H22BrN5O. The number of aromatic nitrogens is 2. The molecule has 0 bridgehead atoms. The van der Waals surface area contributed by atoms with Crippen LogP contribution in [0.1, 0.15) is 13.8 Å². The van der Waals surface area contributed by atoms with Gasteiger partial charge in [-0.25, -0.2) is 9.97 Å². The Hall–Kier alpha value is -0.920. The Bertz CT molecular complexity index is 425. The Labute approximate surface area is 128 Å². The maximum Gasteiger partial charge on any atom is 0.146 e. The summed E-state index contributed by atoms with van der Waals surface area (Å²) < 4.78 is 6.25. The summed E-state index contributed by atoms with van der Waals surface area (Å²) in [4.78, 5) is 10.9. The van der Waals surface area contributed by atoms with Crippen molar-refractivity contribution in [3.8, 4) is 0 Å². The number of morpholine rings is 1. The zero-order valence-electron chi connectivity index (χ0n) is 12.0. The van der Waals surface area contributed by atoms with Crippen LogP contribution >= 0.6 is 15.9 Å². The second-order valence-corrected chi connectivity index (χ2v) is 5.67. The van der Waals surface area contributed by atoms with Crippen molar-refractivity contribution in [2.45, 2.75) is 19.9 Å². The molecule has 1 fully saturated rings. The summed E-state index contributed by atoms with van der Waals surface area (Å²) in [5, 5.41) is 6.64. The first-order valence-corrected chi connectivity index (χ1v) is 7.81. The van der Waals surface area contributed by atoms with Crippen molar-refractivity contribution in [3.05, 3.63) is 10.8 Å². The van der Waals surface area contributed by atoms with E-state index in [1.807, 2.05) is 6.92 Å². The van der Waals surface area contributed by atoms with Crippen LogP contribution in [0.5, 0.6) is 0 Å². The quantitative estimate of drug-likeness (QED) is 0.821. The highest BCUT2D eigenvalue weighted by Gasteiger charge is 2.15. The number of ether oxygens (including phenoxy) is 1. The Morgan fingerprint density at radius 3 is 2.75 bits per heavy atom. The van der Waals surface area contributed by atoms with E-state index in [0.29, 0.717) is 6.04 Å². The van der Waals surface area contributed by atoms with Gasteiger partial charge in [-0.1, -0.05) is 0 Å². The minimum atomic E-state index is 0.314. The maximum absolute atomic E-state index is 5.36. The number of halogens is 1. The molecule has 1 aromatic rings. The average molecular weight is 344 g/mol. The van der Waals surface area contributed by atoms with Gasteiger partial charge in [-0.05, 0) is 29.8 Å². The lowest BCUT2D eigenvalue weighted by Crippen LogP contribution is -2.42. The molecule has 0 spiro atoms. The molecule has 1 aliphatic rings. The second kappa shape index (κ2) is 7.75. The van der Waals surface area contributed by atoms with Crippen LogP contribution in [-0.2, 0) is 4.74 Å². The monoisotopic (exact) mass is 343 g/mol. The smallest absolute Gasteiger partial charge is 0.146 e. The molecular weight excluding hydrogens is 322 g/mol. The second-order valence-electron chi connectivity index (χ2n) is 4.87. The summed E-state index contributed by atoms with van der Waals surface area (Å²) in [5.74, 6) is 1.65. The van der Waals surface area contributed by atoms with Gasteiger partial charge < -0.3 is 15.4 Å². The molecule has 0 saturated carbocycles. The van der Waals surface area contributed by atoms with E-state index in [0.717, 1.165) is 55.5 Å². The van der Waals surface area contributed by atoms with Gasteiger partial charge >= 0.3 is 0 Å². The number of rotatable bonds is 6. The lowest BCUT2D eigenvalue weighted by atomic mass is 10.3. The molecule has 20 heavy (non-hydrogen) atoms. The van der Waals surface area contributed by atoms with Crippen LogP contribution in [0, 0.1) is 0 Å². The Morgan fingerprint density at radius 1 is 1.35 bits per heavy atom. The van der Waals surface area contributed by atoms with Crippen molar-refractivity contribution >= 4 is 27.6 Å². The number of nitrogens with one attached hydrogen (secondary N) is 2. The third-order valence-corrected chi connectivity index (χ3v) is 3.90. The summed E-state index contributed by atoms with van der Waals surface area (Å²) >= 11 is 3.55. The Kier molecular flexibility index (Phi) is 6.00. The van der Waals surface area contributed by atoms with Crippen molar-refractivity contribution in [3.63, 3.8) is 0 Å². The minimum absolute atomic E-state index is 0.314. The first kappa shape index (κ1) is 15.5. The average Bonchev–Trinajstić information content (AvgIpc) is 2.44. The van der Waals surface area contributed by atoms with Crippen molar-refractivity contribution < 1.29 is 4.74 Å². The summed E-state index contributed by atoms with van der Waals surface area (Å²) in [6.07, 6.45) is 1.58. The number of hydrogen-bond acceptors (Lipinski definition) is 6. The van der Waals surface area contributed by atoms with Crippen LogP contribution < -0.4 is 10.6 Å². The number of nitrogens with zero attached hydrogens (tertiary/aromatic N) is 3. The standard InChI is InChI=1S/C13H22BrN5O/c1-3-15-12-11(14)13(17-9-16-12)18-10(2)8-19-4-6-20-7-5-19/h9-10H,3-8H2,1-2H3,(H2,15,16,17,18). The summed E-state index contributed by atoms with van der Waals surface area (Å²) in [7, 11) is 0. The molecule has 0 aromatic carbocycles. The molecule has 1 atom stereocenters. The SMILES string of the molecule is CCNc1ncnc(NC(C)CN2CCOCC2)c1Br. The Balaban J connectivity index is 1.93. The first-order valence-electron chi connectivity index (χ1n) is 7.01. The van der Waals surface area contributed by atoms with Crippen molar-refractivity contribution in [2.75, 3.05) is 50.0 Å². The fourth-order valence-electron chi connectivity index (χ4n) is 2.21. The lowest BCUT2D eigenvalue weighted by Gasteiger charge is -2.29. The molecule has 2 rings (SSSR count). The van der Waals surface area contributed by atoms with Crippen LogP contribution in [0.25, 0.3) is 0 Å². The Morgan fingerprint density at radius 2 is 2.05 bits per heavy atom. The zero-order chi connectivity index (χ0) is 14.4. The van der Waals surface area contributed by atoms with Crippen LogP contribution in [0.4, 0.5) is 11.6 Å². The fourth-order valence-corrected chi connectivity index (χ4v) is 2.67. The molecule has 1 aromatic heterocycles. The molecule has 0 radical (unpaired) electrons. The van der Waals surface area contributed by atoms with E-state index in [-0.39, 0.29) is 0 Å². The van der Waals surface area contributed by atoms with E-state index >= 15 is 0 Å². The maximum atomic E-state index is 5.36. The predicted molar refractivity (Wildman–Crippen MR) is 84.2 cm³/mol. The molecule has 1 unspecified atom stereocenters. The highest BCUT2D eigenvalue weighted by atomic mass is 79.9. The number of anilines is 2. The molecule has 1 saturated heterocycles. The van der Waals surface area contributed by atoms with Gasteiger partial charge in [0.05, 0.1) is 13.2 Å². The van der Waals surface area contributed by atoms with Crippen LogP contribution in [0.15, 0.2) is 10.8 Å². The van der Waals surface area contributed by atoms with E-state index in [2.05, 4.69) is 48.4 Å². The van der Waals surface area contributed by atoms with Crippen LogP contribution in [0.3, 0.4) is 0 Å². The van der Waals surface area contributed by atoms with Crippen molar-refractivity contribution in [1.82, 2.24) is 14.9 Å². The summed E-state index contributed by atoms with van der Waals surface area (Å²) in [5.41, 5.74) is 0. The highest BCUT2D eigenvalue weighted by molar-refractivity contribution is 9.10. The number of hydrogen-bond donors (Lipinski definition) is 2. The largest absolute Gasteiger partial charge is 0.379 e. The zero-order valence-corrected chi connectivity index (χ0v) is 13.6. The first-order chi connectivity index (χ1) is 9.70. The van der Waals surface area contributed by atoms with Gasteiger partial charge in [0.15, 0.2) is 0 Å². The normalized spacial score (nSPS) is 17.8. The van der Waals surface area contributed by atoms with Gasteiger partial charge in [-0.15, -0.1) is 0 Å². The van der Waals surface area contributed by atoms with Gasteiger partial charge in [-0.2, -0.15) is 0 Å². The highest BCUT2D eigenvalue weighted by Crippen LogP contribution is 2.26. The van der Waals surface area contributed by atoms with Crippen LogP contribution in [-0.4, -0.2) is 60.3 Å². The summed E-state index contributed by atoms with van der Waals surface area (Å²) in [6, 6.07) is 0.314. The molecule has 1 aliphatic heterocycles. The fraction of sp³-hybridized carbons (Fsp3) is 0.692. The van der Waals surface area contributed by atoms with Crippen molar-refractivity contribution in [1.29, 1.82) is 0 Å². The molecule has 2 N–H and O–H groups in total. The van der Waals surface area contributed by atoms with Gasteiger partial charge in [0.25, 0.3) is 0 Å². The van der Waals surface area contributed by atoms with Gasteiger partial charge in [-0.3, -0.25) is 4.90 Å². The van der Waals surface area contributed by atoms with E-state index in [4.69, 9.17) is 4.74 Å². The van der Waals surface area contributed by atoms with Gasteiger partial charge in [0.1, 0.15) is 22.4 Å². The van der Waals surface area contributed by atoms with E-state index in [1.54, 1.807) is 6.33 Å².